The molecule has 29 heavy (non-hydrogen) atoms. The van der Waals surface area contributed by atoms with E-state index in [1.54, 1.807) is 0 Å². The molecule has 7 heteroatoms. The van der Waals surface area contributed by atoms with E-state index in [-0.39, 0.29) is 18.4 Å². The Morgan fingerprint density at radius 2 is 2.14 bits per heavy atom. The van der Waals surface area contributed by atoms with Gasteiger partial charge in [0.15, 0.2) is 6.29 Å². The predicted octanol–water partition coefficient (Wildman–Crippen LogP) is 4.53. The van der Waals surface area contributed by atoms with E-state index in [0.29, 0.717) is 18.8 Å². The van der Waals surface area contributed by atoms with Gasteiger partial charge < -0.3 is 14.4 Å². The number of carbonyl (C=O) groups excluding carboxylic acids is 2. The summed E-state index contributed by atoms with van der Waals surface area (Å²) >= 11 is 3.47. The van der Waals surface area contributed by atoms with Crippen LogP contribution < -0.4 is 4.90 Å². The van der Waals surface area contributed by atoms with Crippen molar-refractivity contribution in [2.45, 2.75) is 51.7 Å². The number of ether oxygens (including phenoxy) is 2. The minimum Gasteiger partial charge on any atom is -0.460 e. The van der Waals surface area contributed by atoms with Crippen LogP contribution in [-0.4, -0.2) is 48.6 Å². The highest BCUT2D eigenvalue weighted by molar-refractivity contribution is 9.10. The first kappa shape index (κ1) is 21.7. The third-order valence-corrected chi connectivity index (χ3v) is 5.26. The Kier molecular flexibility index (Phi) is 6.90. The molecule has 1 saturated heterocycles. The molecule has 0 amide bonds. The maximum absolute atomic E-state index is 11.8. The maximum Gasteiger partial charge on any atom is 0.308 e. The Hall–Kier alpha value is -1.99. The summed E-state index contributed by atoms with van der Waals surface area (Å²) in [5.74, 6) is 0.536. The second-order valence-corrected chi connectivity index (χ2v) is 9.17. The van der Waals surface area contributed by atoms with Crippen molar-refractivity contribution in [3.8, 4) is 0 Å². The fraction of sp³-hybridized carbons (Fsp3) is 0.500. The van der Waals surface area contributed by atoms with Crippen LogP contribution in [0.15, 0.2) is 28.7 Å². The van der Waals surface area contributed by atoms with Gasteiger partial charge in [0, 0.05) is 22.0 Å². The van der Waals surface area contributed by atoms with Crippen LogP contribution in [0.1, 0.15) is 50.4 Å². The first-order chi connectivity index (χ1) is 13.8. The number of pyridine rings is 1. The standard InChI is InChI=1S/C22H27BrN2O4/c1-22(2,3)29-21(27)8-10-28-14-17-5-4-9-25(17)20-11-15(13-26)18-7-6-16(23)12-19(18)24-20/h6-7,11-13,17H,4-5,8-10,14H2,1-3H3/t17-/m0/s1. The Morgan fingerprint density at radius 3 is 2.86 bits per heavy atom. The summed E-state index contributed by atoms with van der Waals surface area (Å²) in [5, 5.41) is 0.844. The van der Waals surface area contributed by atoms with Crippen LogP contribution in [0.4, 0.5) is 5.82 Å². The SMILES string of the molecule is CC(C)(C)OC(=O)CCOC[C@@H]1CCCN1c1cc(C=O)c2ccc(Br)cc2n1. The van der Waals surface area contributed by atoms with Gasteiger partial charge in [0.25, 0.3) is 0 Å². The normalized spacial score (nSPS) is 17.0. The van der Waals surface area contributed by atoms with Crippen molar-refractivity contribution in [3.05, 3.63) is 34.3 Å². The van der Waals surface area contributed by atoms with E-state index in [1.807, 2.05) is 45.0 Å². The first-order valence-electron chi connectivity index (χ1n) is 9.88. The Morgan fingerprint density at radius 1 is 1.34 bits per heavy atom. The third-order valence-electron chi connectivity index (χ3n) is 4.77. The van der Waals surface area contributed by atoms with E-state index < -0.39 is 5.60 Å². The zero-order valence-corrected chi connectivity index (χ0v) is 18.7. The molecule has 0 bridgehead atoms. The fourth-order valence-corrected chi connectivity index (χ4v) is 3.89. The van der Waals surface area contributed by atoms with Gasteiger partial charge >= 0.3 is 5.97 Å². The highest BCUT2D eigenvalue weighted by Gasteiger charge is 2.27. The van der Waals surface area contributed by atoms with Gasteiger partial charge in [-0.2, -0.15) is 0 Å². The molecule has 1 aromatic heterocycles. The van der Waals surface area contributed by atoms with Crippen LogP contribution in [0, 0.1) is 0 Å². The zero-order valence-electron chi connectivity index (χ0n) is 17.1. The van der Waals surface area contributed by atoms with Crippen molar-refractivity contribution >= 4 is 44.9 Å². The highest BCUT2D eigenvalue weighted by Crippen LogP contribution is 2.29. The Bertz CT molecular complexity index is 894. The van der Waals surface area contributed by atoms with Crippen LogP contribution in [0.25, 0.3) is 10.9 Å². The minimum absolute atomic E-state index is 0.172. The summed E-state index contributed by atoms with van der Waals surface area (Å²) in [4.78, 5) is 30.4. The number of carbonyl (C=O) groups is 2. The van der Waals surface area contributed by atoms with E-state index in [2.05, 4.69) is 20.8 Å². The molecule has 6 nitrogen and oxygen atoms in total. The second kappa shape index (κ2) is 9.22. The summed E-state index contributed by atoms with van der Waals surface area (Å²) < 4.78 is 12.0. The van der Waals surface area contributed by atoms with Crippen molar-refractivity contribution in [2.75, 3.05) is 24.7 Å². The van der Waals surface area contributed by atoms with Crippen molar-refractivity contribution in [3.63, 3.8) is 0 Å². The molecule has 0 saturated carbocycles. The van der Waals surface area contributed by atoms with Gasteiger partial charge in [-0.3, -0.25) is 9.59 Å². The second-order valence-electron chi connectivity index (χ2n) is 8.25. The average Bonchev–Trinajstić information content (AvgIpc) is 3.11. The largest absolute Gasteiger partial charge is 0.460 e. The molecule has 3 rings (SSSR count). The number of benzene rings is 1. The molecule has 1 aliphatic rings. The fourth-order valence-electron chi connectivity index (χ4n) is 3.54. The molecule has 1 aromatic carbocycles. The van der Waals surface area contributed by atoms with Crippen LogP contribution in [0.5, 0.6) is 0 Å². The summed E-state index contributed by atoms with van der Waals surface area (Å²) in [6.07, 6.45) is 3.14. The van der Waals surface area contributed by atoms with Crippen molar-refractivity contribution < 1.29 is 19.1 Å². The topological polar surface area (TPSA) is 68.7 Å². The summed E-state index contributed by atoms with van der Waals surface area (Å²) in [6.45, 7) is 7.26. The number of hydrogen-bond donors (Lipinski definition) is 0. The first-order valence-corrected chi connectivity index (χ1v) is 10.7. The van der Waals surface area contributed by atoms with Crippen LogP contribution in [-0.2, 0) is 14.3 Å². The molecular weight excluding hydrogens is 436 g/mol. The zero-order chi connectivity index (χ0) is 21.0. The average molecular weight is 463 g/mol. The van der Waals surface area contributed by atoms with E-state index in [1.165, 1.54) is 0 Å². The molecule has 1 aliphatic heterocycles. The number of aromatic nitrogens is 1. The number of nitrogens with zero attached hydrogens (tertiary/aromatic N) is 2. The summed E-state index contributed by atoms with van der Waals surface area (Å²) in [6, 6.07) is 7.76. The minimum atomic E-state index is -0.480. The number of anilines is 1. The van der Waals surface area contributed by atoms with Gasteiger partial charge in [0.1, 0.15) is 11.4 Å². The molecule has 0 radical (unpaired) electrons. The lowest BCUT2D eigenvalue weighted by molar-refractivity contribution is -0.156. The molecule has 156 valence electrons. The smallest absolute Gasteiger partial charge is 0.308 e. The number of fused-ring (bicyclic) bond motifs is 1. The van der Waals surface area contributed by atoms with E-state index in [4.69, 9.17) is 14.5 Å². The molecule has 0 unspecified atom stereocenters. The van der Waals surface area contributed by atoms with Crippen molar-refractivity contribution in [1.29, 1.82) is 0 Å². The van der Waals surface area contributed by atoms with E-state index in [0.717, 1.165) is 46.9 Å². The number of halogens is 1. The number of rotatable bonds is 7. The van der Waals surface area contributed by atoms with Gasteiger partial charge in [-0.05, 0) is 51.8 Å². The molecule has 0 aliphatic carbocycles. The van der Waals surface area contributed by atoms with Gasteiger partial charge in [-0.15, -0.1) is 0 Å². The quantitative estimate of drug-likeness (QED) is 0.342. The lowest BCUT2D eigenvalue weighted by Crippen LogP contribution is -2.34. The van der Waals surface area contributed by atoms with Crippen LogP contribution in [0.3, 0.4) is 0 Å². The monoisotopic (exact) mass is 462 g/mol. The Balaban J connectivity index is 1.65. The van der Waals surface area contributed by atoms with Gasteiger partial charge in [0.05, 0.1) is 31.2 Å². The third kappa shape index (κ3) is 5.76. The highest BCUT2D eigenvalue weighted by atomic mass is 79.9. The number of esters is 1. The van der Waals surface area contributed by atoms with Gasteiger partial charge in [-0.25, -0.2) is 4.98 Å². The lowest BCUT2D eigenvalue weighted by atomic mass is 10.1. The van der Waals surface area contributed by atoms with E-state index >= 15 is 0 Å². The van der Waals surface area contributed by atoms with Crippen LogP contribution >= 0.6 is 15.9 Å². The molecule has 1 atom stereocenters. The van der Waals surface area contributed by atoms with E-state index in [9.17, 15) is 9.59 Å². The van der Waals surface area contributed by atoms with Crippen LogP contribution in [0.2, 0.25) is 0 Å². The Labute approximate surface area is 179 Å². The number of hydrogen-bond acceptors (Lipinski definition) is 6. The molecule has 1 fully saturated rings. The van der Waals surface area contributed by atoms with Crippen molar-refractivity contribution in [2.24, 2.45) is 0 Å². The predicted molar refractivity (Wildman–Crippen MR) is 116 cm³/mol. The summed E-state index contributed by atoms with van der Waals surface area (Å²) in [7, 11) is 0. The van der Waals surface area contributed by atoms with Gasteiger partial charge in [0.2, 0.25) is 0 Å². The lowest BCUT2D eigenvalue weighted by Gasteiger charge is -2.26. The summed E-state index contributed by atoms with van der Waals surface area (Å²) in [5.41, 5.74) is 0.941. The van der Waals surface area contributed by atoms with Crippen molar-refractivity contribution in [1.82, 2.24) is 4.98 Å². The molecule has 0 spiro atoms. The number of aldehydes is 1. The molecule has 0 N–H and O–H groups in total. The maximum atomic E-state index is 11.8. The molecule has 2 aromatic rings. The van der Waals surface area contributed by atoms with Gasteiger partial charge in [-0.1, -0.05) is 22.0 Å². The molecule has 2 heterocycles. The molecular formula is C22H27BrN2O4.